The summed E-state index contributed by atoms with van der Waals surface area (Å²) in [6, 6.07) is 14.8. The van der Waals surface area contributed by atoms with Crippen LogP contribution >= 0.6 is 27.3 Å². The summed E-state index contributed by atoms with van der Waals surface area (Å²) in [6.07, 6.45) is 0. The Hall–Kier alpha value is -1.56. The minimum atomic E-state index is -0.287. The van der Waals surface area contributed by atoms with Crippen molar-refractivity contribution in [1.82, 2.24) is 4.98 Å². The summed E-state index contributed by atoms with van der Waals surface area (Å²) in [6.45, 7) is 0.358. The SMILES string of the molecule is NCc1nc(-c2cc(F)cc(Br)c2)sc1-c1ccccc1. The Balaban J connectivity index is 2.11. The number of rotatable bonds is 3. The molecule has 2 nitrogen and oxygen atoms in total. The van der Waals surface area contributed by atoms with Gasteiger partial charge in [-0.3, -0.25) is 0 Å². The quantitative estimate of drug-likeness (QED) is 0.723. The first-order valence-electron chi connectivity index (χ1n) is 6.39. The molecule has 0 aliphatic heterocycles. The molecule has 21 heavy (non-hydrogen) atoms. The molecule has 3 rings (SSSR count). The highest BCUT2D eigenvalue weighted by atomic mass is 79.9. The van der Waals surface area contributed by atoms with Crippen molar-refractivity contribution in [3.05, 3.63) is 64.5 Å². The average molecular weight is 363 g/mol. The van der Waals surface area contributed by atoms with Crippen LogP contribution in [0.2, 0.25) is 0 Å². The van der Waals surface area contributed by atoms with Crippen molar-refractivity contribution in [2.24, 2.45) is 5.73 Å². The van der Waals surface area contributed by atoms with Gasteiger partial charge in [0, 0.05) is 16.6 Å². The largest absolute Gasteiger partial charge is 0.325 e. The van der Waals surface area contributed by atoms with Crippen LogP contribution in [0.25, 0.3) is 21.0 Å². The standard InChI is InChI=1S/C16H12BrFN2S/c17-12-6-11(7-13(18)8-12)16-20-14(9-19)15(21-16)10-4-2-1-3-5-10/h1-8H,9,19H2. The Kier molecular flexibility index (Phi) is 4.14. The first-order chi connectivity index (χ1) is 10.2. The van der Waals surface area contributed by atoms with Gasteiger partial charge in [-0.15, -0.1) is 11.3 Å². The zero-order valence-corrected chi connectivity index (χ0v) is 13.4. The second-order valence-corrected chi connectivity index (χ2v) is 6.44. The van der Waals surface area contributed by atoms with E-state index < -0.39 is 0 Å². The Morgan fingerprint density at radius 3 is 2.52 bits per heavy atom. The number of nitrogens with zero attached hydrogens (tertiary/aromatic N) is 1. The third kappa shape index (κ3) is 3.05. The number of hydrogen-bond acceptors (Lipinski definition) is 3. The van der Waals surface area contributed by atoms with Crippen molar-refractivity contribution >= 4 is 27.3 Å². The molecule has 106 valence electrons. The zero-order valence-electron chi connectivity index (χ0n) is 11.0. The smallest absolute Gasteiger partial charge is 0.125 e. The van der Waals surface area contributed by atoms with Crippen molar-refractivity contribution in [3.63, 3.8) is 0 Å². The predicted octanol–water partition coefficient (Wildman–Crippen LogP) is 4.84. The van der Waals surface area contributed by atoms with E-state index in [2.05, 4.69) is 20.9 Å². The molecule has 0 radical (unpaired) electrons. The Morgan fingerprint density at radius 1 is 1.10 bits per heavy atom. The molecule has 1 heterocycles. The lowest BCUT2D eigenvalue weighted by Crippen LogP contribution is -1.98. The highest BCUT2D eigenvalue weighted by molar-refractivity contribution is 9.10. The average Bonchev–Trinajstić information content (AvgIpc) is 2.91. The van der Waals surface area contributed by atoms with E-state index in [1.807, 2.05) is 36.4 Å². The van der Waals surface area contributed by atoms with Crippen LogP contribution < -0.4 is 5.73 Å². The maximum Gasteiger partial charge on any atom is 0.125 e. The third-order valence-electron chi connectivity index (χ3n) is 3.04. The third-order valence-corrected chi connectivity index (χ3v) is 4.69. The van der Waals surface area contributed by atoms with E-state index >= 15 is 0 Å². The molecular weight excluding hydrogens is 351 g/mol. The van der Waals surface area contributed by atoms with Gasteiger partial charge in [0.05, 0.1) is 10.6 Å². The van der Waals surface area contributed by atoms with Crippen LogP contribution in [0.1, 0.15) is 5.69 Å². The van der Waals surface area contributed by atoms with E-state index in [9.17, 15) is 4.39 Å². The maximum absolute atomic E-state index is 13.5. The van der Waals surface area contributed by atoms with Gasteiger partial charge >= 0.3 is 0 Å². The molecule has 0 bridgehead atoms. The van der Waals surface area contributed by atoms with Gasteiger partial charge in [-0.1, -0.05) is 46.3 Å². The van der Waals surface area contributed by atoms with Gasteiger partial charge in [-0.2, -0.15) is 0 Å². The molecule has 0 unspecified atom stereocenters. The highest BCUT2D eigenvalue weighted by Gasteiger charge is 2.14. The van der Waals surface area contributed by atoms with Gasteiger partial charge in [0.1, 0.15) is 10.8 Å². The summed E-state index contributed by atoms with van der Waals surface area (Å²) in [7, 11) is 0. The number of thiazole rings is 1. The fraction of sp³-hybridized carbons (Fsp3) is 0.0625. The number of aromatic nitrogens is 1. The molecule has 3 aromatic rings. The number of benzene rings is 2. The summed E-state index contributed by atoms with van der Waals surface area (Å²) in [5.41, 5.74) is 8.47. The van der Waals surface area contributed by atoms with E-state index in [1.54, 1.807) is 0 Å². The fourth-order valence-electron chi connectivity index (χ4n) is 2.11. The summed E-state index contributed by atoms with van der Waals surface area (Å²) in [5.74, 6) is -0.287. The van der Waals surface area contributed by atoms with Crippen LogP contribution in [0, 0.1) is 5.82 Å². The van der Waals surface area contributed by atoms with Crippen LogP contribution in [0.3, 0.4) is 0 Å². The second kappa shape index (κ2) is 6.05. The Morgan fingerprint density at radius 2 is 1.86 bits per heavy atom. The van der Waals surface area contributed by atoms with Crippen LogP contribution in [-0.4, -0.2) is 4.98 Å². The van der Waals surface area contributed by atoms with Gasteiger partial charge < -0.3 is 5.73 Å². The lowest BCUT2D eigenvalue weighted by Gasteiger charge is -1.98. The van der Waals surface area contributed by atoms with Crippen LogP contribution in [0.4, 0.5) is 4.39 Å². The van der Waals surface area contributed by atoms with Crippen LogP contribution in [0.5, 0.6) is 0 Å². The van der Waals surface area contributed by atoms with E-state index in [4.69, 9.17) is 5.73 Å². The summed E-state index contributed by atoms with van der Waals surface area (Å²) >= 11 is 4.84. The molecule has 0 atom stereocenters. The summed E-state index contributed by atoms with van der Waals surface area (Å²) in [5, 5.41) is 0.773. The number of halogens is 2. The molecule has 0 aliphatic carbocycles. The first kappa shape index (κ1) is 14.4. The normalized spacial score (nSPS) is 10.8. The molecule has 5 heteroatoms. The van der Waals surface area contributed by atoms with Crippen LogP contribution in [0.15, 0.2) is 53.0 Å². The molecular formula is C16H12BrFN2S. The zero-order chi connectivity index (χ0) is 14.8. The molecule has 2 N–H and O–H groups in total. The molecule has 0 aliphatic rings. The number of hydrogen-bond donors (Lipinski definition) is 1. The van der Waals surface area contributed by atoms with Crippen LogP contribution in [-0.2, 0) is 6.54 Å². The molecule has 0 spiro atoms. The van der Waals surface area contributed by atoms with Gasteiger partial charge in [0.25, 0.3) is 0 Å². The van der Waals surface area contributed by atoms with Gasteiger partial charge in [-0.05, 0) is 23.8 Å². The van der Waals surface area contributed by atoms with Crippen molar-refractivity contribution in [1.29, 1.82) is 0 Å². The van der Waals surface area contributed by atoms with Gasteiger partial charge in [0.2, 0.25) is 0 Å². The lowest BCUT2D eigenvalue weighted by atomic mass is 10.1. The molecule has 1 aromatic heterocycles. The molecule has 0 saturated carbocycles. The van der Waals surface area contributed by atoms with Gasteiger partial charge in [0.15, 0.2) is 0 Å². The van der Waals surface area contributed by atoms with Gasteiger partial charge in [-0.25, -0.2) is 9.37 Å². The van der Waals surface area contributed by atoms with E-state index in [-0.39, 0.29) is 5.82 Å². The number of nitrogens with two attached hydrogens (primary N) is 1. The molecule has 0 fully saturated rings. The highest BCUT2D eigenvalue weighted by Crippen LogP contribution is 2.36. The monoisotopic (exact) mass is 362 g/mol. The topological polar surface area (TPSA) is 38.9 Å². The van der Waals surface area contributed by atoms with Crippen molar-refractivity contribution in [3.8, 4) is 21.0 Å². The summed E-state index contributed by atoms with van der Waals surface area (Å²) < 4.78 is 14.2. The van der Waals surface area contributed by atoms with Crippen molar-refractivity contribution in [2.75, 3.05) is 0 Å². The van der Waals surface area contributed by atoms with Crippen molar-refractivity contribution in [2.45, 2.75) is 6.54 Å². The predicted molar refractivity (Wildman–Crippen MR) is 88.5 cm³/mol. The lowest BCUT2D eigenvalue weighted by molar-refractivity contribution is 0.627. The summed E-state index contributed by atoms with van der Waals surface area (Å²) in [4.78, 5) is 5.60. The Bertz CT molecular complexity index is 751. The van der Waals surface area contributed by atoms with Crippen molar-refractivity contribution < 1.29 is 4.39 Å². The van der Waals surface area contributed by atoms with E-state index in [0.29, 0.717) is 11.0 Å². The first-order valence-corrected chi connectivity index (χ1v) is 8.00. The molecule has 0 saturated heterocycles. The Labute approximate surface area is 134 Å². The maximum atomic E-state index is 13.5. The van der Waals surface area contributed by atoms with E-state index in [1.165, 1.54) is 23.5 Å². The second-order valence-electron chi connectivity index (χ2n) is 4.52. The minimum Gasteiger partial charge on any atom is -0.325 e. The molecule has 2 aromatic carbocycles. The molecule has 0 amide bonds. The minimum absolute atomic E-state index is 0.287. The van der Waals surface area contributed by atoms with E-state index in [0.717, 1.165) is 26.7 Å². The fourth-order valence-corrected chi connectivity index (χ4v) is 3.66.